The van der Waals surface area contributed by atoms with Gasteiger partial charge in [0.25, 0.3) is 6.43 Å². The first-order valence-corrected chi connectivity index (χ1v) is 5.07. The summed E-state index contributed by atoms with van der Waals surface area (Å²) < 4.78 is 29.4. The normalized spacial score (nSPS) is 25.1. The molecule has 0 aromatic heterocycles. The lowest BCUT2D eigenvalue weighted by Crippen LogP contribution is -2.46. The van der Waals surface area contributed by atoms with Gasteiger partial charge in [0.15, 0.2) is 0 Å². The topological polar surface area (TPSA) is 75.8 Å². The van der Waals surface area contributed by atoms with E-state index >= 15 is 0 Å². The van der Waals surface area contributed by atoms with Crippen LogP contribution in [0.1, 0.15) is 0 Å². The second-order valence-corrected chi connectivity index (χ2v) is 3.71. The fourth-order valence-electron chi connectivity index (χ4n) is 1.64. The van der Waals surface area contributed by atoms with Crippen molar-refractivity contribution in [1.82, 2.24) is 4.90 Å². The summed E-state index contributed by atoms with van der Waals surface area (Å²) in [7, 11) is 0. The molecule has 1 aliphatic rings. The van der Waals surface area contributed by atoms with Crippen molar-refractivity contribution in [3.05, 3.63) is 0 Å². The molecule has 1 saturated heterocycles. The Labute approximate surface area is 92.2 Å². The Morgan fingerprint density at radius 1 is 1.56 bits per heavy atom. The molecule has 94 valence electrons. The van der Waals surface area contributed by atoms with Crippen LogP contribution in [0.25, 0.3) is 0 Å². The Morgan fingerprint density at radius 2 is 2.25 bits per heavy atom. The van der Waals surface area contributed by atoms with Crippen LogP contribution in [0.3, 0.4) is 0 Å². The van der Waals surface area contributed by atoms with E-state index in [2.05, 4.69) is 0 Å². The fraction of sp³-hybridized carbons (Fsp3) is 0.889. The van der Waals surface area contributed by atoms with Crippen molar-refractivity contribution in [3.8, 4) is 0 Å². The molecule has 0 saturated carbocycles. The van der Waals surface area contributed by atoms with Crippen molar-refractivity contribution < 1.29 is 23.4 Å². The summed E-state index contributed by atoms with van der Waals surface area (Å²) in [4.78, 5) is 12.7. The average Bonchev–Trinajstić information content (AvgIpc) is 2.62. The number of aliphatic hydroxyl groups excluding tert-OH is 1. The number of nitrogens with zero attached hydrogens (tertiary/aromatic N) is 1. The zero-order valence-corrected chi connectivity index (χ0v) is 8.81. The number of ether oxygens (including phenoxy) is 1. The standard InChI is InChI=1S/C9H16F2N2O3/c10-8(11)3-13(1-2-14)9(15)6-4-16-5-7(6)12/h6-8,14H,1-5,12H2. The Balaban J connectivity index is 2.58. The van der Waals surface area contributed by atoms with Gasteiger partial charge in [-0.15, -0.1) is 0 Å². The van der Waals surface area contributed by atoms with Crippen LogP contribution in [-0.4, -0.2) is 61.3 Å². The third kappa shape index (κ3) is 3.36. The first-order valence-electron chi connectivity index (χ1n) is 5.07. The number of carbonyl (C=O) groups is 1. The largest absolute Gasteiger partial charge is 0.395 e. The first-order chi connectivity index (χ1) is 7.56. The summed E-state index contributed by atoms with van der Waals surface area (Å²) in [5.41, 5.74) is 5.62. The van der Waals surface area contributed by atoms with E-state index < -0.39 is 30.8 Å². The van der Waals surface area contributed by atoms with E-state index in [-0.39, 0.29) is 26.4 Å². The van der Waals surface area contributed by atoms with Gasteiger partial charge in [-0.3, -0.25) is 4.79 Å². The Hall–Kier alpha value is -0.790. The van der Waals surface area contributed by atoms with Crippen molar-refractivity contribution >= 4 is 5.91 Å². The highest BCUT2D eigenvalue weighted by Gasteiger charge is 2.34. The number of halogens is 2. The quantitative estimate of drug-likeness (QED) is 0.647. The molecule has 0 spiro atoms. The summed E-state index contributed by atoms with van der Waals surface area (Å²) in [6.07, 6.45) is -2.62. The number of nitrogens with two attached hydrogens (primary N) is 1. The summed E-state index contributed by atoms with van der Waals surface area (Å²) in [5, 5.41) is 8.71. The molecule has 7 heteroatoms. The molecule has 1 amide bonds. The van der Waals surface area contributed by atoms with Crippen molar-refractivity contribution in [3.63, 3.8) is 0 Å². The molecule has 1 rings (SSSR count). The summed E-state index contributed by atoms with van der Waals surface area (Å²) >= 11 is 0. The van der Waals surface area contributed by atoms with Gasteiger partial charge in [0, 0.05) is 12.6 Å². The number of aliphatic hydroxyl groups is 1. The molecule has 0 aromatic carbocycles. The lowest BCUT2D eigenvalue weighted by atomic mass is 10.0. The van der Waals surface area contributed by atoms with E-state index in [4.69, 9.17) is 15.6 Å². The third-order valence-electron chi connectivity index (χ3n) is 2.48. The number of rotatable bonds is 5. The minimum Gasteiger partial charge on any atom is -0.395 e. The average molecular weight is 238 g/mol. The predicted octanol–water partition coefficient (Wildman–Crippen LogP) is -0.954. The maximum atomic E-state index is 12.2. The van der Waals surface area contributed by atoms with Crippen LogP contribution >= 0.6 is 0 Å². The highest BCUT2D eigenvalue weighted by atomic mass is 19.3. The molecule has 2 atom stereocenters. The molecule has 5 nitrogen and oxygen atoms in total. The molecular formula is C9H16F2N2O3. The zero-order chi connectivity index (χ0) is 12.1. The molecular weight excluding hydrogens is 222 g/mol. The molecule has 2 unspecified atom stereocenters. The number of alkyl halides is 2. The fourth-order valence-corrected chi connectivity index (χ4v) is 1.64. The lowest BCUT2D eigenvalue weighted by Gasteiger charge is -2.25. The van der Waals surface area contributed by atoms with Crippen molar-refractivity contribution in [1.29, 1.82) is 0 Å². The first kappa shape index (κ1) is 13.3. The van der Waals surface area contributed by atoms with E-state index in [9.17, 15) is 13.6 Å². The number of carbonyl (C=O) groups excluding carboxylic acids is 1. The molecule has 1 fully saturated rings. The van der Waals surface area contributed by atoms with Gasteiger partial charge in [-0.2, -0.15) is 0 Å². The summed E-state index contributed by atoms with van der Waals surface area (Å²) in [5.74, 6) is -1.05. The molecule has 16 heavy (non-hydrogen) atoms. The second-order valence-electron chi connectivity index (χ2n) is 3.71. The van der Waals surface area contributed by atoms with Crippen LogP contribution in [0, 0.1) is 5.92 Å². The van der Waals surface area contributed by atoms with Crippen LogP contribution in [-0.2, 0) is 9.53 Å². The molecule has 0 aliphatic carbocycles. The predicted molar refractivity (Wildman–Crippen MR) is 52.0 cm³/mol. The zero-order valence-electron chi connectivity index (χ0n) is 8.81. The SMILES string of the molecule is NC1COCC1C(=O)N(CCO)CC(F)F. The minimum absolute atomic E-state index is 0.105. The Bertz CT molecular complexity index is 241. The molecule has 1 aliphatic heterocycles. The number of hydrogen-bond acceptors (Lipinski definition) is 4. The molecule has 0 radical (unpaired) electrons. The van der Waals surface area contributed by atoms with Gasteiger partial charge in [-0.25, -0.2) is 8.78 Å². The van der Waals surface area contributed by atoms with Crippen LogP contribution in [0.2, 0.25) is 0 Å². The lowest BCUT2D eigenvalue weighted by molar-refractivity contribution is -0.138. The van der Waals surface area contributed by atoms with E-state index in [1.165, 1.54) is 0 Å². The maximum Gasteiger partial charge on any atom is 0.255 e. The van der Waals surface area contributed by atoms with Gasteiger partial charge in [-0.1, -0.05) is 0 Å². The maximum absolute atomic E-state index is 12.2. The number of hydrogen-bond donors (Lipinski definition) is 2. The monoisotopic (exact) mass is 238 g/mol. The highest BCUT2D eigenvalue weighted by molar-refractivity contribution is 5.80. The third-order valence-corrected chi connectivity index (χ3v) is 2.48. The second kappa shape index (κ2) is 6.07. The van der Waals surface area contributed by atoms with Crippen molar-refractivity contribution in [2.45, 2.75) is 12.5 Å². The van der Waals surface area contributed by atoms with Crippen LogP contribution in [0.4, 0.5) is 8.78 Å². The van der Waals surface area contributed by atoms with Crippen LogP contribution < -0.4 is 5.73 Å². The van der Waals surface area contributed by atoms with Gasteiger partial charge in [0.1, 0.15) is 0 Å². The molecule has 0 aromatic rings. The van der Waals surface area contributed by atoms with Gasteiger partial charge in [-0.05, 0) is 0 Å². The molecule has 1 heterocycles. The highest BCUT2D eigenvalue weighted by Crippen LogP contribution is 2.15. The van der Waals surface area contributed by atoms with E-state index in [1.54, 1.807) is 0 Å². The summed E-state index contributed by atoms with van der Waals surface area (Å²) in [6.45, 7) is -0.709. The smallest absolute Gasteiger partial charge is 0.255 e. The minimum atomic E-state index is -2.62. The molecule has 3 N–H and O–H groups in total. The van der Waals surface area contributed by atoms with E-state index in [0.29, 0.717) is 0 Å². The Kier molecular flexibility index (Phi) is 5.04. The number of amides is 1. The van der Waals surface area contributed by atoms with Gasteiger partial charge in [0.05, 0.1) is 32.3 Å². The van der Waals surface area contributed by atoms with E-state index in [0.717, 1.165) is 4.90 Å². The van der Waals surface area contributed by atoms with Gasteiger partial charge in [0.2, 0.25) is 5.91 Å². The van der Waals surface area contributed by atoms with Crippen LogP contribution in [0.15, 0.2) is 0 Å². The van der Waals surface area contributed by atoms with Crippen molar-refractivity contribution in [2.24, 2.45) is 11.7 Å². The van der Waals surface area contributed by atoms with E-state index in [1.807, 2.05) is 0 Å². The van der Waals surface area contributed by atoms with Crippen molar-refractivity contribution in [2.75, 3.05) is 32.9 Å². The van der Waals surface area contributed by atoms with Gasteiger partial charge < -0.3 is 20.5 Å². The summed E-state index contributed by atoms with van der Waals surface area (Å²) in [6, 6.07) is -0.452. The van der Waals surface area contributed by atoms with Gasteiger partial charge >= 0.3 is 0 Å². The Morgan fingerprint density at radius 3 is 2.69 bits per heavy atom. The van der Waals surface area contributed by atoms with Crippen LogP contribution in [0.5, 0.6) is 0 Å². The molecule has 0 bridgehead atoms.